The van der Waals surface area contributed by atoms with Gasteiger partial charge in [-0.2, -0.15) is 5.26 Å². The smallest absolute Gasteiger partial charge is 0.260 e. The first kappa shape index (κ1) is 17.4. The van der Waals surface area contributed by atoms with Crippen molar-refractivity contribution in [3.05, 3.63) is 59.7 Å². The molecule has 5 heteroatoms. The number of ether oxygens (including phenoxy) is 2. The van der Waals surface area contributed by atoms with Crippen LogP contribution < -0.4 is 14.8 Å². The Morgan fingerprint density at radius 2 is 1.75 bits per heavy atom. The van der Waals surface area contributed by atoms with E-state index in [1.54, 1.807) is 43.4 Å². The van der Waals surface area contributed by atoms with E-state index in [1.165, 1.54) is 0 Å². The zero-order valence-corrected chi connectivity index (χ0v) is 13.8. The van der Waals surface area contributed by atoms with Crippen LogP contribution in [-0.2, 0) is 11.4 Å². The lowest BCUT2D eigenvalue weighted by atomic mass is 10.2. The summed E-state index contributed by atoms with van der Waals surface area (Å²) in [7, 11) is 1.59. The number of nitrogens with zero attached hydrogens (tertiary/aromatic N) is 1. The maximum absolute atomic E-state index is 11.6. The van der Waals surface area contributed by atoms with Gasteiger partial charge in [-0.1, -0.05) is 19.1 Å². The number of carbonyl (C=O) groups is 1. The highest BCUT2D eigenvalue weighted by atomic mass is 16.5. The average molecular weight is 324 g/mol. The molecular formula is C19H20N2O3. The van der Waals surface area contributed by atoms with Crippen molar-refractivity contribution in [2.45, 2.75) is 26.1 Å². The molecule has 5 nitrogen and oxygen atoms in total. The van der Waals surface area contributed by atoms with Crippen LogP contribution in [0, 0.1) is 11.3 Å². The van der Waals surface area contributed by atoms with Crippen LogP contribution in [0.3, 0.4) is 0 Å². The number of likely N-dealkylation sites (N-methyl/N-ethyl adjacent to an activating group) is 1. The summed E-state index contributed by atoms with van der Waals surface area (Å²) in [5.41, 5.74) is 1.61. The van der Waals surface area contributed by atoms with Gasteiger partial charge in [0, 0.05) is 7.05 Å². The minimum atomic E-state index is -0.500. The number of hydrogen-bond acceptors (Lipinski definition) is 4. The van der Waals surface area contributed by atoms with Gasteiger partial charge in [-0.3, -0.25) is 4.79 Å². The molecule has 0 saturated carbocycles. The molecule has 2 aromatic carbocycles. The van der Waals surface area contributed by atoms with Gasteiger partial charge in [-0.15, -0.1) is 0 Å². The Kier molecular flexibility index (Phi) is 6.21. The number of benzene rings is 2. The summed E-state index contributed by atoms with van der Waals surface area (Å²) in [4.78, 5) is 11.6. The lowest BCUT2D eigenvalue weighted by Gasteiger charge is -2.16. The average Bonchev–Trinajstić information content (AvgIpc) is 2.65. The SMILES string of the molecule is CC[C@@H](Oc1ccc(OCc2ccc(C#N)cc2)cc1)C(=O)NC. The van der Waals surface area contributed by atoms with E-state index in [4.69, 9.17) is 14.7 Å². The van der Waals surface area contributed by atoms with Crippen molar-refractivity contribution in [3.8, 4) is 17.6 Å². The van der Waals surface area contributed by atoms with E-state index in [1.807, 2.05) is 19.1 Å². The van der Waals surface area contributed by atoms with Gasteiger partial charge in [0.2, 0.25) is 0 Å². The number of hydrogen-bond donors (Lipinski definition) is 1. The van der Waals surface area contributed by atoms with Crippen molar-refractivity contribution in [2.24, 2.45) is 0 Å². The van der Waals surface area contributed by atoms with Crippen LogP contribution in [-0.4, -0.2) is 19.1 Å². The molecule has 0 aromatic heterocycles. The van der Waals surface area contributed by atoms with E-state index in [0.29, 0.717) is 30.1 Å². The second-order valence-electron chi connectivity index (χ2n) is 5.20. The van der Waals surface area contributed by atoms with Crippen LogP contribution in [0.25, 0.3) is 0 Å². The molecule has 1 atom stereocenters. The van der Waals surface area contributed by atoms with Gasteiger partial charge in [0.05, 0.1) is 11.6 Å². The molecule has 0 spiro atoms. The van der Waals surface area contributed by atoms with E-state index >= 15 is 0 Å². The third-order valence-electron chi connectivity index (χ3n) is 3.50. The lowest BCUT2D eigenvalue weighted by Crippen LogP contribution is -2.35. The fourth-order valence-electron chi connectivity index (χ4n) is 2.10. The molecule has 0 unspecified atom stereocenters. The van der Waals surface area contributed by atoms with Crippen LogP contribution in [0.1, 0.15) is 24.5 Å². The Hall–Kier alpha value is -3.00. The molecule has 2 aromatic rings. The monoisotopic (exact) mass is 324 g/mol. The largest absolute Gasteiger partial charge is 0.489 e. The van der Waals surface area contributed by atoms with E-state index in [2.05, 4.69) is 11.4 Å². The van der Waals surface area contributed by atoms with Gasteiger partial charge in [-0.25, -0.2) is 0 Å². The molecule has 0 aliphatic carbocycles. The number of amides is 1. The third-order valence-corrected chi connectivity index (χ3v) is 3.50. The van der Waals surface area contributed by atoms with Gasteiger partial charge in [0.25, 0.3) is 5.91 Å². The van der Waals surface area contributed by atoms with Crippen molar-refractivity contribution >= 4 is 5.91 Å². The third kappa shape index (κ3) is 4.75. The van der Waals surface area contributed by atoms with Crippen LogP contribution in [0.15, 0.2) is 48.5 Å². The summed E-state index contributed by atoms with van der Waals surface area (Å²) < 4.78 is 11.4. The molecule has 0 aliphatic heterocycles. The molecular weight excluding hydrogens is 304 g/mol. The summed E-state index contributed by atoms with van der Waals surface area (Å²) in [5.74, 6) is 1.19. The van der Waals surface area contributed by atoms with Gasteiger partial charge >= 0.3 is 0 Å². The van der Waals surface area contributed by atoms with Gasteiger partial charge in [-0.05, 0) is 48.4 Å². The number of nitrogens with one attached hydrogen (secondary N) is 1. The first-order chi connectivity index (χ1) is 11.7. The molecule has 24 heavy (non-hydrogen) atoms. The highest BCUT2D eigenvalue weighted by Gasteiger charge is 2.16. The minimum absolute atomic E-state index is 0.140. The van der Waals surface area contributed by atoms with Gasteiger partial charge in [0.15, 0.2) is 6.10 Å². The van der Waals surface area contributed by atoms with Crippen LogP contribution in [0.2, 0.25) is 0 Å². The molecule has 2 rings (SSSR count). The standard InChI is InChI=1S/C19H20N2O3/c1-3-18(19(22)21-2)24-17-10-8-16(9-11-17)23-13-15-6-4-14(12-20)5-7-15/h4-11,18H,3,13H2,1-2H3,(H,21,22)/t18-/m1/s1. The Morgan fingerprint density at radius 1 is 1.12 bits per heavy atom. The number of nitriles is 1. The van der Waals surface area contributed by atoms with Crippen molar-refractivity contribution in [1.29, 1.82) is 5.26 Å². The first-order valence-electron chi connectivity index (χ1n) is 7.76. The predicted molar refractivity (Wildman–Crippen MR) is 90.7 cm³/mol. The Bertz CT molecular complexity index is 703. The summed E-state index contributed by atoms with van der Waals surface area (Å²) >= 11 is 0. The Balaban J connectivity index is 1.91. The maximum Gasteiger partial charge on any atom is 0.260 e. The second kappa shape index (κ2) is 8.59. The molecule has 124 valence electrons. The molecule has 0 fully saturated rings. The van der Waals surface area contributed by atoms with E-state index < -0.39 is 6.10 Å². The Labute approximate surface area is 141 Å². The van der Waals surface area contributed by atoms with Crippen LogP contribution >= 0.6 is 0 Å². The van der Waals surface area contributed by atoms with Gasteiger partial charge in [0.1, 0.15) is 18.1 Å². The summed E-state index contributed by atoms with van der Waals surface area (Å²) in [6, 6.07) is 16.5. The molecule has 0 heterocycles. The second-order valence-corrected chi connectivity index (χ2v) is 5.20. The number of carbonyl (C=O) groups excluding carboxylic acids is 1. The highest BCUT2D eigenvalue weighted by molar-refractivity contribution is 5.80. The summed E-state index contributed by atoms with van der Waals surface area (Å²) in [6.07, 6.45) is 0.0943. The van der Waals surface area contributed by atoms with Crippen LogP contribution in [0.5, 0.6) is 11.5 Å². The topological polar surface area (TPSA) is 71.3 Å². The van der Waals surface area contributed by atoms with E-state index in [9.17, 15) is 4.79 Å². The molecule has 0 aliphatic rings. The van der Waals surface area contributed by atoms with Crippen molar-refractivity contribution in [2.75, 3.05) is 7.05 Å². The zero-order chi connectivity index (χ0) is 17.4. The fourth-order valence-corrected chi connectivity index (χ4v) is 2.10. The van der Waals surface area contributed by atoms with E-state index in [0.717, 1.165) is 5.56 Å². The van der Waals surface area contributed by atoms with Crippen LogP contribution in [0.4, 0.5) is 0 Å². The summed E-state index contributed by atoms with van der Waals surface area (Å²) in [6.45, 7) is 2.32. The predicted octanol–water partition coefficient (Wildman–Crippen LogP) is 3.04. The normalized spacial score (nSPS) is 11.2. The van der Waals surface area contributed by atoms with Crippen molar-refractivity contribution in [3.63, 3.8) is 0 Å². The minimum Gasteiger partial charge on any atom is -0.489 e. The number of rotatable bonds is 7. The molecule has 1 N–H and O–H groups in total. The summed E-state index contributed by atoms with van der Waals surface area (Å²) in [5, 5.41) is 11.4. The van der Waals surface area contributed by atoms with Gasteiger partial charge < -0.3 is 14.8 Å². The molecule has 1 amide bonds. The molecule has 0 radical (unpaired) electrons. The Morgan fingerprint density at radius 3 is 2.29 bits per heavy atom. The van der Waals surface area contributed by atoms with E-state index in [-0.39, 0.29) is 5.91 Å². The molecule has 0 saturated heterocycles. The fraction of sp³-hybridized carbons (Fsp3) is 0.263. The maximum atomic E-state index is 11.6. The first-order valence-corrected chi connectivity index (χ1v) is 7.76. The molecule has 0 bridgehead atoms. The zero-order valence-electron chi connectivity index (χ0n) is 13.8. The highest BCUT2D eigenvalue weighted by Crippen LogP contribution is 2.20. The quantitative estimate of drug-likeness (QED) is 0.850. The lowest BCUT2D eigenvalue weighted by molar-refractivity contribution is -0.127. The van der Waals surface area contributed by atoms with Crippen molar-refractivity contribution in [1.82, 2.24) is 5.32 Å². The van der Waals surface area contributed by atoms with Crippen molar-refractivity contribution < 1.29 is 14.3 Å².